The Labute approximate surface area is 107 Å². The average Bonchev–Trinajstić information content (AvgIpc) is 2.33. The van der Waals surface area contributed by atoms with Crippen LogP contribution >= 0.6 is 0 Å². The molecule has 1 heterocycles. The summed E-state index contributed by atoms with van der Waals surface area (Å²) in [5.41, 5.74) is 12.1. The lowest BCUT2D eigenvalue weighted by Crippen LogP contribution is -2.00. The normalized spacial score (nSPS) is 9.28. The van der Waals surface area contributed by atoms with E-state index in [0.717, 1.165) is 5.56 Å². The second-order valence-electron chi connectivity index (χ2n) is 3.40. The summed E-state index contributed by atoms with van der Waals surface area (Å²) in [6.45, 7) is 6.00. The van der Waals surface area contributed by atoms with Crippen LogP contribution in [-0.4, -0.2) is 9.97 Å². The largest absolute Gasteiger partial charge is 0.439 e. The van der Waals surface area contributed by atoms with Crippen molar-refractivity contribution in [3.05, 3.63) is 35.9 Å². The molecule has 0 aliphatic rings. The fraction of sp³-hybridized carbons (Fsp3) is 0.231. The molecule has 96 valence electrons. The van der Waals surface area contributed by atoms with E-state index in [4.69, 9.17) is 16.2 Å². The van der Waals surface area contributed by atoms with E-state index < -0.39 is 0 Å². The molecule has 5 nitrogen and oxygen atoms in total. The Bertz CT molecular complexity index is 477. The minimum absolute atomic E-state index is 0.0992. The molecule has 2 aromatic rings. The summed E-state index contributed by atoms with van der Waals surface area (Å²) in [6, 6.07) is 9.12. The van der Waals surface area contributed by atoms with Crippen LogP contribution in [-0.2, 0) is 0 Å². The van der Waals surface area contributed by atoms with E-state index >= 15 is 0 Å². The Hall–Kier alpha value is -2.30. The van der Waals surface area contributed by atoms with Crippen molar-refractivity contribution in [1.29, 1.82) is 0 Å². The lowest BCUT2D eigenvalue weighted by Gasteiger charge is -2.05. The summed E-state index contributed by atoms with van der Waals surface area (Å²) in [4.78, 5) is 7.67. The molecule has 1 aromatic carbocycles. The monoisotopic (exact) mass is 246 g/mol. The van der Waals surface area contributed by atoms with Crippen LogP contribution in [0.1, 0.15) is 19.4 Å². The fourth-order valence-electron chi connectivity index (χ4n) is 1.24. The van der Waals surface area contributed by atoms with Crippen LogP contribution in [0.4, 0.5) is 11.8 Å². The predicted molar refractivity (Wildman–Crippen MR) is 73.5 cm³/mol. The van der Waals surface area contributed by atoms with Gasteiger partial charge in [0.15, 0.2) is 0 Å². The van der Waals surface area contributed by atoms with Gasteiger partial charge in [-0.1, -0.05) is 31.5 Å². The third-order valence-electron chi connectivity index (χ3n) is 1.98. The number of nitrogens with two attached hydrogens (primary N) is 2. The first-order valence-electron chi connectivity index (χ1n) is 5.78. The molecule has 0 saturated heterocycles. The standard InChI is InChI=1S/C11H12N4O.C2H6/c1-7-2-4-8(5-3-7)16-10-6-9(12)14-11(13)15-10;1-2/h2-6H,1H3,(H4,12,13,14,15);1-2H3. The Morgan fingerprint density at radius 2 is 1.61 bits per heavy atom. The van der Waals surface area contributed by atoms with Crippen molar-refractivity contribution in [3.8, 4) is 11.6 Å². The molecule has 18 heavy (non-hydrogen) atoms. The molecule has 0 spiro atoms. The molecule has 0 radical (unpaired) electrons. The number of benzene rings is 1. The van der Waals surface area contributed by atoms with Gasteiger partial charge in [0, 0.05) is 6.07 Å². The predicted octanol–water partition coefficient (Wildman–Crippen LogP) is 2.77. The Morgan fingerprint density at radius 3 is 2.17 bits per heavy atom. The van der Waals surface area contributed by atoms with E-state index in [0.29, 0.717) is 11.6 Å². The Morgan fingerprint density at radius 1 is 1.00 bits per heavy atom. The second-order valence-corrected chi connectivity index (χ2v) is 3.40. The van der Waals surface area contributed by atoms with Crippen LogP contribution in [0.3, 0.4) is 0 Å². The van der Waals surface area contributed by atoms with Crippen LogP contribution in [0.25, 0.3) is 0 Å². The van der Waals surface area contributed by atoms with Gasteiger partial charge in [0.05, 0.1) is 0 Å². The number of nitrogen functional groups attached to an aromatic ring is 2. The van der Waals surface area contributed by atoms with Crippen molar-refractivity contribution >= 4 is 11.8 Å². The van der Waals surface area contributed by atoms with Crippen LogP contribution in [0, 0.1) is 6.92 Å². The molecule has 0 aliphatic heterocycles. The van der Waals surface area contributed by atoms with Gasteiger partial charge in [-0.25, -0.2) is 0 Å². The van der Waals surface area contributed by atoms with Crippen LogP contribution < -0.4 is 16.2 Å². The smallest absolute Gasteiger partial charge is 0.226 e. The highest BCUT2D eigenvalue weighted by Gasteiger charge is 2.02. The van der Waals surface area contributed by atoms with Gasteiger partial charge in [0.2, 0.25) is 11.8 Å². The summed E-state index contributed by atoms with van der Waals surface area (Å²) in [6.07, 6.45) is 0. The molecule has 1 aromatic heterocycles. The van der Waals surface area contributed by atoms with E-state index in [1.807, 2.05) is 45.0 Å². The molecular formula is C13H18N4O. The first kappa shape index (κ1) is 13.8. The second kappa shape index (κ2) is 6.44. The zero-order valence-electron chi connectivity index (χ0n) is 10.8. The van der Waals surface area contributed by atoms with Crippen molar-refractivity contribution in [1.82, 2.24) is 9.97 Å². The minimum Gasteiger partial charge on any atom is -0.439 e. The SMILES string of the molecule is CC.Cc1ccc(Oc2cc(N)nc(N)n2)cc1. The number of rotatable bonds is 2. The zero-order chi connectivity index (χ0) is 13.5. The minimum atomic E-state index is 0.0992. The maximum atomic E-state index is 5.53. The van der Waals surface area contributed by atoms with Gasteiger partial charge in [0.25, 0.3) is 0 Å². The summed E-state index contributed by atoms with van der Waals surface area (Å²) < 4.78 is 5.48. The summed E-state index contributed by atoms with van der Waals surface area (Å²) in [5, 5.41) is 0. The summed E-state index contributed by atoms with van der Waals surface area (Å²) >= 11 is 0. The van der Waals surface area contributed by atoms with E-state index in [1.165, 1.54) is 6.07 Å². The van der Waals surface area contributed by atoms with Gasteiger partial charge in [-0.3, -0.25) is 0 Å². The number of hydrogen-bond acceptors (Lipinski definition) is 5. The Balaban J connectivity index is 0.000000771. The number of nitrogens with zero attached hydrogens (tertiary/aromatic N) is 2. The maximum Gasteiger partial charge on any atom is 0.226 e. The maximum absolute atomic E-state index is 5.53. The van der Waals surface area contributed by atoms with Crippen LogP contribution in [0.15, 0.2) is 30.3 Å². The van der Waals surface area contributed by atoms with E-state index in [2.05, 4.69) is 9.97 Å². The van der Waals surface area contributed by atoms with E-state index in [1.54, 1.807) is 0 Å². The molecule has 0 aliphatic carbocycles. The quantitative estimate of drug-likeness (QED) is 0.850. The van der Waals surface area contributed by atoms with Gasteiger partial charge in [0.1, 0.15) is 11.6 Å². The highest BCUT2D eigenvalue weighted by atomic mass is 16.5. The average molecular weight is 246 g/mol. The van der Waals surface area contributed by atoms with Gasteiger partial charge >= 0.3 is 0 Å². The summed E-state index contributed by atoms with van der Waals surface area (Å²) in [7, 11) is 0. The molecular weight excluding hydrogens is 228 g/mol. The van der Waals surface area contributed by atoms with Gasteiger partial charge in [-0.15, -0.1) is 0 Å². The third-order valence-corrected chi connectivity index (χ3v) is 1.98. The lowest BCUT2D eigenvalue weighted by atomic mass is 10.2. The molecule has 5 heteroatoms. The zero-order valence-corrected chi connectivity index (χ0v) is 10.8. The van der Waals surface area contributed by atoms with Crippen molar-refractivity contribution in [2.24, 2.45) is 0 Å². The lowest BCUT2D eigenvalue weighted by molar-refractivity contribution is 0.463. The number of aromatic nitrogens is 2. The molecule has 2 rings (SSSR count). The molecule has 0 atom stereocenters. The highest BCUT2D eigenvalue weighted by Crippen LogP contribution is 2.21. The van der Waals surface area contributed by atoms with Crippen molar-refractivity contribution in [2.45, 2.75) is 20.8 Å². The van der Waals surface area contributed by atoms with Crippen molar-refractivity contribution in [3.63, 3.8) is 0 Å². The molecule has 0 bridgehead atoms. The molecule has 0 saturated carbocycles. The number of hydrogen-bond donors (Lipinski definition) is 2. The van der Waals surface area contributed by atoms with Gasteiger partial charge < -0.3 is 16.2 Å². The first-order valence-corrected chi connectivity index (χ1v) is 5.78. The van der Waals surface area contributed by atoms with E-state index in [-0.39, 0.29) is 11.8 Å². The third kappa shape index (κ3) is 3.93. The molecule has 0 fully saturated rings. The first-order chi connectivity index (χ1) is 8.63. The van der Waals surface area contributed by atoms with E-state index in [9.17, 15) is 0 Å². The van der Waals surface area contributed by atoms with Gasteiger partial charge in [-0.05, 0) is 19.1 Å². The fourth-order valence-corrected chi connectivity index (χ4v) is 1.24. The highest BCUT2D eigenvalue weighted by molar-refractivity contribution is 5.40. The molecule has 0 amide bonds. The molecule has 0 unspecified atom stereocenters. The van der Waals surface area contributed by atoms with Gasteiger partial charge in [-0.2, -0.15) is 9.97 Å². The van der Waals surface area contributed by atoms with Crippen molar-refractivity contribution in [2.75, 3.05) is 11.5 Å². The topological polar surface area (TPSA) is 87.0 Å². The number of anilines is 2. The van der Waals surface area contributed by atoms with Crippen molar-refractivity contribution < 1.29 is 4.74 Å². The van der Waals surface area contributed by atoms with Crippen LogP contribution in [0.2, 0.25) is 0 Å². The number of aryl methyl sites for hydroxylation is 1. The Kier molecular flexibility index (Phi) is 4.92. The molecule has 4 N–H and O–H groups in total. The summed E-state index contributed by atoms with van der Waals surface area (Å²) in [5.74, 6) is 1.41. The number of ether oxygens (including phenoxy) is 1. The van der Waals surface area contributed by atoms with Crippen LogP contribution in [0.5, 0.6) is 11.6 Å².